The molecule has 0 heterocycles. The summed E-state index contributed by atoms with van der Waals surface area (Å²) < 4.78 is 5.46. The summed E-state index contributed by atoms with van der Waals surface area (Å²) in [7, 11) is 0. The Bertz CT molecular complexity index is 352. The maximum atomic E-state index is 11.9. The molecule has 0 N–H and O–H groups in total. The first-order valence-electron chi connectivity index (χ1n) is 6.81. The van der Waals surface area contributed by atoms with E-state index in [0.29, 0.717) is 12.5 Å². The highest BCUT2D eigenvalue weighted by atomic mass is 16.5. The van der Waals surface area contributed by atoms with Crippen LogP contribution in [0, 0.1) is 6.92 Å². The van der Waals surface area contributed by atoms with E-state index in [1.807, 2.05) is 45.0 Å². The fourth-order valence-corrected chi connectivity index (χ4v) is 1.77. The number of hydrogen-bond acceptors (Lipinski definition) is 2. The lowest BCUT2D eigenvalue weighted by Gasteiger charge is -2.06. The third-order valence-electron chi connectivity index (χ3n) is 2.87. The number of unbranched alkanes of at least 4 members (excludes halogenated alkanes) is 2. The molecular weight excluding hydrogens is 224 g/mol. The molecule has 0 aromatic heterocycles. The Labute approximate surface area is 110 Å². The Morgan fingerprint density at radius 3 is 2.39 bits per heavy atom. The van der Waals surface area contributed by atoms with Gasteiger partial charge in [0.05, 0.1) is 6.10 Å². The smallest absolute Gasteiger partial charge is 0.162 e. The minimum absolute atomic E-state index is 0.250. The predicted molar refractivity (Wildman–Crippen MR) is 75.1 cm³/mol. The van der Waals surface area contributed by atoms with Gasteiger partial charge in [-0.05, 0) is 33.6 Å². The van der Waals surface area contributed by atoms with Crippen molar-refractivity contribution < 1.29 is 9.53 Å². The number of ketones is 1. The normalized spacial score (nSPS) is 10.9. The van der Waals surface area contributed by atoms with Gasteiger partial charge in [0.2, 0.25) is 0 Å². The summed E-state index contributed by atoms with van der Waals surface area (Å²) in [6.07, 6.45) is 4.00. The Hall–Kier alpha value is -1.15. The Balaban J connectivity index is 2.16. The van der Waals surface area contributed by atoms with E-state index in [9.17, 15) is 4.79 Å². The van der Waals surface area contributed by atoms with Crippen LogP contribution in [0.3, 0.4) is 0 Å². The number of Topliss-reactive ketones (excluding diaryl/α,β-unsaturated/α-hetero) is 1. The molecule has 0 aliphatic carbocycles. The van der Waals surface area contributed by atoms with Gasteiger partial charge in [-0.25, -0.2) is 0 Å². The summed E-state index contributed by atoms with van der Waals surface area (Å²) >= 11 is 0. The van der Waals surface area contributed by atoms with Gasteiger partial charge in [0.1, 0.15) is 0 Å². The highest BCUT2D eigenvalue weighted by Gasteiger charge is 2.04. The van der Waals surface area contributed by atoms with E-state index in [-0.39, 0.29) is 5.78 Å². The molecule has 0 amide bonds. The highest BCUT2D eigenvalue weighted by molar-refractivity contribution is 5.96. The molecule has 0 fully saturated rings. The summed E-state index contributed by atoms with van der Waals surface area (Å²) in [5.74, 6) is 0.250. The topological polar surface area (TPSA) is 26.3 Å². The SMILES string of the molecule is Cc1ccc(C(=O)CCCCCOC(C)C)cc1. The van der Waals surface area contributed by atoms with Crippen LogP contribution in [0.1, 0.15) is 55.5 Å². The molecule has 0 spiro atoms. The van der Waals surface area contributed by atoms with Crippen molar-refractivity contribution in [3.63, 3.8) is 0 Å². The standard InChI is InChI=1S/C16H24O2/c1-13(2)18-12-6-4-5-7-16(17)15-10-8-14(3)9-11-15/h8-11,13H,4-7,12H2,1-3H3. The molecule has 0 unspecified atom stereocenters. The van der Waals surface area contributed by atoms with E-state index < -0.39 is 0 Å². The molecular formula is C16H24O2. The van der Waals surface area contributed by atoms with Crippen molar-refractivity contribution in [1.82, 2.24) is 0 Å². The number of aryl methyl sites for hydroxylation is 1. The molecule has 0 aliphatic heterocycles. The lowest BCUT2D eigenvalue weighted by Crippen LogP contribution is -2.04. The van der Waals surface area contributed by atoms with Crippen molar-refractivity contribution in [2.75, 3.05) is 6.61 Å². The minimum Gasteiger partial charge on any atom is -0.379 e. The summed E-state index contributed by atoms with van der Waals surface area (Å²) in [5, 5.41) is 0. The van der Waals surface area contributed by atoms with Crippen LogP contribution in [0.4, 0.5) is 0 Å². The zero-order chi connectivity index (χ0) is 13.4. The van der Waals surface area contributed by atoms with Crippen molar-refractivity contribution in [3.8, 4) is 0 Å². The number of carbonyl (C=O) groups is 1. The summed E-state index contributed by atoms with van der Waals surface area (Å²) in [4.78, 5) is 11.9. The molecule has 2 heteroatoms. The van der Waals surface area contributed by atoms with Gasteiger partial charge in [-0.15, -0.1) is 0 Å². The van der Waals surface area contributed by atoms with E-state index in [2.05, 4.69) is 0 Å². The summed E-state index contributed by atoms with van der Waals surface area (Å²) in [5.41, 5.74) is 2.02. The van der Waals surface area contributed by atoms with E-state index in [4.69, 9.17) is 4.74 Å². The molecule has 2 nitrogen and oxygen atoms in total. The summed E-state index contributed by atoms with van der Waals surface area (Å²) in [6, 6.07) is 7.81. The molecule has 1 aromatic rings. The van der Waals surface area contributed by atoms with Gasteiger partial charge in [-0.3, -0.25) is 4.79 Å². The molecule has 18 heavy (non-hydrogen) atoms. The molecule has 100 valence electrons. The number of carbonyl (C=O) groups excluding carboxylic acids is 1. The quantitative estimate of drug-likeness (QED) is 0.510. The maximum absolute atomic E-state index is 11.9. The van der Waals surface area contributed by atoms with Crippen molar-refractivity contribution in [1.29, 1.82) is 0 Å². The molecule has 0 atom stereocenters. The van der Waals surface area contributed by atoms with Crippen LogP contribution in [-0.2, 0) is 4.74 Å². The first kappa shape index (κ1) is 14.9. The lowest BCUT2D eigenvalue weighted by atomic mass is 10.0. The zero-order valence-corrected chi connectivity index (χ0v) is 11.7. The Morgan fingerprint density at radius 1 is 1.11 bits per heavy atom. The monoisotopic (exact) mass is 248 g/mol. The highest BCUT2D eigenvalue weighted by Crippen LogP contribution is 2.09. The van der Waals surface area contributed by atoms with Crippen LogP contribution in [0.2, 0.25) is 0 Å². The molecule has 0 bridgehead atoms. The second kappa shape index (κ2) is 8.04. The predicted octanol–water partition coefficient (Wildman–Crippen LogP) is 4.16. The third kappa shape index (κ3) is 5.97. The van der Waals surface area contributed by atoms with E-state index in [0.717, 1.165) is 31.4 Å². The van der Waals surface area contributed by atoms with Crippen LogP contribution < -0.4 is 0 Å². The number of benzene rings is 1. The zero-order valence-electron chi connectivity index (χ0n) is 11.7. The first-order chi connectivity index (χ1) is 8.59. The van der Waals surface area contributed by atoms with Crippen LogP contribution in [0.25, 0.3) is 0 Å². The van der Waals surface area contributed by atoms with Crippen LogP contribution >= 0.6 is 0 Å². The van der Waals surface area contributed by atoms with Gasteiger partial charge in [0.25, 0.3) is 0 Å². The molecule has 1 rings (SSSR count). The molecule has 0 radical (unpaired) electrons. The van der Waals surface area contributed by atoms with Gasteiger partial charge in [0, 0.05) is 18.6 Å². The van der Waals surface area contributed by atoms with Crippen molar-refractivity contribution in [2.24, 2.45) is 0 Å². The fraction of sp³-hybridized carbons (Fsp3) is 0.562. The second-order valence-electron chi connectivity index (χ2n) is 5.02. The van der Waals surface area contributed by atoms with Gasteiger partial charge < -0.3 is 4.74 Å². The largest absolute Gasteiger partial charge is 0.379 e. The average molecular weight is 248 g/mol. The van der Waals surface area contributed by atoms with Gasteiger partial charge >= 0.3 is 0 Å². The Kier molecular flexibility index (Phi) is 6.66. The van der Waals surface area contributed by atoms with Crippen LogP contribution in [-0.4, -0.2) is 18.5 Å². The second-order valence-corrected chi connectivity index (χ2v) is 5.02. The van der Waals surface area contributed by atoms with E-state index >= 15 is 0 Å². The van der Waals surface area contributed by atoms with Crippen molar-refractivity contribution in [3.05, 3.63) is 35.4 Å². The first-order valence-corrected chi connectivity index (χ1v) is 6.81. The molecule has 0 saturated heterocycles. The molecule has 0 saturated carbocycles. The number of hydrogen-bond donors (Lipinski definition) is 0. The maximum Gasteiger partial charge on any atom is 0.162 e. The summed E-state index contributed by atoms with van der Waals surface area (Å²) in [6.45, 7) is 6.92. The molecule has 1 aromatic carbocycles. The number of rotatable bonds is 8. The van der Waals surface area contributed by atoms with E-state index in [1.54, 1.807) is 0 Å². The van der Waals surface area contributed by atoms with Crippen LogP contribution in [0.5, 0.6) is 0 Å². The third-order valence-corrected chi connectivity index (χ3v) is 2.87. The van der Waals surface area contributed by atoms with Gasteiger partial charge in [0.15, 0.2) is 5.78 Å². The van der Waals surface area contributed by atoms with Crippen LogP contribution in [0.15, 0.2) is 24.3 Å². The fourth-order valence-electron chi connectivity index (χ4n) is 1.77. The number of ether oxygens (including phenoxy) is 1. The Morgan fingerprint density at radius 2 is 1.78 bits per heavy atom. The molecule has 0 aliphatic rings. The average Bonchev–Trinajstić information content (AvgIpc) is 2.34. The lowest BCUT2D eigenvalue weighted by molar-refractivity contribution is 0.0752. The van der Waals surface area contributed by atoms with Gasteiger partial charge in [-0.1, -0.05) is 36.2 Å². The minimum atomic E-state index is 0.250. The van der Waals surface area contributed by atoms with Gasteiger partial charge in [-0.2, -0.15) is 0 Å². The van der Waals surface area contributed by atoms with E-state index in [1.165, 1.54) is 5.56 Å². The van der Waals surface area contributed by atoms with Crippen molar-refractivity contribution in [2.45, 2.75) is 52.6 Å². The van der Waals surface area contributed by atoms with Crippen molar-refractivity contribution >= 4 is 5.78 Å².